The van der Waals surface area contributed by atoms with Crippen LogP contribution in [0.5, 0.6) is 0 Å². The van der Waals surface area contributed by atoms with Gasteiger partial charge in [-0.3, -0.25) is 4.79 Å². The van der Waals surface area contributed by atoms with Gasteiger partial charge >= 0.3 is 0 Å². The van der Waals surface area contributed by atoms with E-state index in [0.29, 0.717) is 36.0 Å². The van der Waals surface area contributed by atoms with E-state index < -0.39 is 17.5 Å². The molecule has 0 aromatic rings. The van der Waals surface area contributed by atoms with Crippen LogP contribution in [-0.4, -0.2) is 30.2 Å². The van der Waals surface area contributed by atoms with Crippen molar-refractivity contribution >= 4 is 5.78 Å². The largest absolute Gasteiger partial charge is 0.356 e. The zero-order chi connectivity index (χ0) is 24.0. The molecule has 4 rings (SSSR count). The van der Waals surface area contributed by atoms with Crippen molar-refractivity contribution in [3.05, 3.63) is 0 Å². The minimum absolute atomic E-state index is 0.103. The third-order valence-corrected chi connectivity index (χ3v) is 10.9. The van der Waals surface area contributed by atoms with Crippen LogP contribution < -0.4 is 0 Å². The van der Waals surface area contributed by atoms with Gasteiger partial charge in [0, 0.05) is 25.4 Å². The molecule has 190 valence electrons. The lowest BCUT2D eigenvalue weighted by Gasteiger charge is -2.57. The van der Waals surface area contributed by atoms with Crippen molar-refractivity contribution in [2.45, 2.75) is 117 Å². The van der Waals surface area contributed by atoms with Crippen LogP contribution in [0.3, 0.4) is 0 Å². The molecule has 4 aliphatic rings. The Labute approximate surface area is 201 Å². The first-order valence-corrected chi connectivity index (χ1v) is 13.6. The molecule has 3 saturated carbocycles. The normalized spacial score (nSPS) is 46.4. The van der Waals surface area contributed by atoms with Gasteiger partial charge in [0.1, 0.15) is 5.78 Å². The Morgan fingerprint density at radius 3 is 2.52 bits per heavy atom. The minimum Gasteiger partial charge on any atom is -0.356 e. The molecule has 3 aliphatic carbocycles. The summed E-state index contributed by atoms with van der Waals surface area (Å²) in [5.74, 6) is 2.61. The lowest BCUT2D eigenvalue weighted by molar-refractivity contribution is -0.461. The lowest BCUT2D eigenvalue weighted by atomic mass is 9.49. The molecule has 0 aromatic carbocycles. The van der Waals surface area contributed by atoms with Gasteiger partial charge in [0.2, 0.25) is 5.79 Å². The number of ether oxygens (including phenoxy) is 2. The van der Waals surface area contributed by atoms with E-state index in [2.05, 4.69) is 34.6 Å². The third-order valence-electron chi connectivity index (χ3n) is 10.9. The molecule has 5 heteroatoms. The molecule has 5 nitrogen and oxygen atoms in total. The van der Waals surface area contributed by atoms with E-state index in [9.17, 15) is 10.1 Å². The molecule has 0 aromatic heterocycles. The van der Waals surface area contributed by atoms with Gasteiger partial charge in [-0.25, -0.2) is 10.1 Å². The molecule has 0 bridgehead atoms. The second-order valence-electron chi connectivity index (χ2n) is 12.9. The average Bonchev–Trinajstić information content (AvgIpc) is 3.07. The molecular formula is C28H48O5. The highest BCUT2D eigenvalue weighted by Crippen LogP contribution is 2.68. The fourth-order valence-electron chi connectivity index (χ4n) is 9.00. The van der Waals surface area contributed by atoms with Crippen molar-refractivity contribution in [1.82, 2.24) is 0 Å². The summed E-state index contributed by atoms with van der Waals surface area (Å²) in [6.45, 7) is 11.9. The van der Waals surface area contributed by atoms with Gasteiger partial charge in [0.25, 0.3) is 0 Å². The molecule has 0 amide bonds. The fourth-order valence-corrected chi connectivity index (χ4v) is 9.00. The quantitative estimate of drug-likeness (QED) is 0.330. The average molecular weight is 465 g/mol. The predicted molar refractivity (Wildman–Crippen MR) is 128 cm³/mol. The van der Waals surface area contributed by atoms with Gasteiger partial charge in [-0.2, -0.15) is 0 Å². The Morgan fingerprint density at radius 2 is 1.85 bits per heavy atom. The van der Waals surface area contributed by atoms with Crippen molar-refractivity contribution in [1.29, 1.82) is 0 Å². The lowest BCUT2D eigenvalue weighted by Crippen LogP contribution is -2.60. The zero-order valence-corrected chi connectivity index (χ0v) is 21.9. The van der Waals surface area contributed by atoms with Crippen LogP contribution in [0.4, 0.5) is 0 Å². The number of Topliss-reactive ketones (excluding diaryl/α,β-unsaturated/α-hetero) is 1. The number of methoxy groups -OCH3 is 1. The Kier molecular flexibility index (Phi) is 7.38. The van der Waals surface area contributed by atoms with Crippen LogP contribution in [0, 0.1) is 46.3 Å². The molecule has 0 spiro atoms. The number of hydrogen-bond donors (Lipinski definition) is 1. The molecule has 1 saturated heterocycles. The summed E-state index contributed by atoms with van der Waals surface area (Å²) in [6.07, 6.45) is 10.7. The van der Waals surface area contributed by atoms with E-state index >= 15 is 0 Å². The van der Waals surface area contributed by atoms with Gasteiger partial charge < -0.3 is 9.47 Å². The summed E-state index contributed by atoms with van der Waals surface area (Å²) in [4.78, 5) is 17.6. The van der Waals surface area contributed by atoms with Crippen molar-refractivity contribution in [2.24, 2.45) is 46.3 Å². The van der Waals surface area contributed by atoms with Gasteiger partial charge in [-0.1, -0.05) is 53.9 Å². The second-order valence-corrected chi connectivity index (χ2v) is 12.9. The van der Waals surface area contributed by atoms with Crippen LogP contribution in [0.25, 0.3) is 0 Å². The van der Waals surface area contributed by atoms with Crippen LogP contribution in [0.2, 0.25) is 0 Å². The highest BCUT2D eigenvalue weighted by atomic mass is 17.1. The number of ketones is 1. The van der Waals surface area contributed by atoms with Crippen molar-refractivity contribution in [2.75, 3.05) is 7.11 Å². The molecule has 0 unspecified atom stereocenters. The van der Waals surface area contributed by atoms with E-state index in [-0.39, 0.29) is 12.2 Å². The number of rotatable bonds is 7. The first-order valence-electron chi connectivity index (χ1n) is 13.6. The van der Waals surface area contributed by atoms with E-state index in [1.807, 2.05) is 0 Å². The number of fused-ring (bicyclic) bond motifs is 5. The summed E-state index contributed by atoms with van der Waals surface area (Å²) in [5.41, 5.74) is -0.0411. The molecule has 33 heavy (non-hydrogen) atoms. The van der Waals surface area contributed by atoms with Crippen LogP contribution in [-0.2, 0) is 19.2 Å². The van der Waals surface area contributed by atoms with Crippen molar-refractivity contribution in [3.8, 4) is 0 Å². The van der Waals surface area contributed by atoms with E-state index in [0.717, 1.165) is 30.6 Å². The van der Waals surface area contributed by atoms with E-state index in [1.165, 1.54) is 38.5 Å². The Bertz CT molecular complexity index is 708. The van der Waals surface area contributed by atoms with Gasteiger partial charge in [0.15, 0.2) is 6.29 Å². The second kappa shape index (κ2) is 9.52. The molecule has 9 atom stereocenters. The number of carbonyl (C=O) groups is 1. The molecule has 4 fully saturated rings. The molecule has 1 aliphatic heterocycles. The summed E-state index contributed by atoms with van der Waals surface area (Å²) < 4.78 is 12.2. The summed E-state index contributed by atoms with van der Waals surface area (Å²) >= 11 is 0. The van der Waals surface area contributed by atoms with Crippen molar-refractivity contribution in [3.63, 3.8) is 0 Å². The fraction of sp³-hybridized carbons (Fsp3) is 0.964. The maximum Gasteiger partial charge on any atom is 0.216 e. The predicted octanol–water partition coefficient (Wildman–Crippen LogP) is 6.85. The molecule has 0 radical (unpaired) electrons. The molecule has 1 N–H and O–H groups in total. The maximum absolute atomic E-state index is 12.5. The first-order chi connectivity index (χ1) is 15.6. The summed E-state index contributed by atoms with van der Waals surface area (Å²) in [5, 5.41) is 10.1. The van der Waals surface area contributed by atoms with Gasteiger partial charge in [0.05, 0.1) is 6.42 Å². The summed E-state index contributed by atoms with van der Waals surface area (Å²) in [6, 6.07) is 0. The Balaban J connectivity index is 1.61. The zero-order valence-electron chi connectivity index (χ0n) is 21.9. The number of hydrogen-bond acceptors (Lipinski definition) is 5. The Morgan fingerprint density at radius 1 is 1.09 bits per heavy atom. The highest BCUT2D eigenvalue weighted by molar-refractivity contribution is 5.80. The van der Waals surface area contributed by atoms with E-state index in [1.54, 1.807) is 7.11 Å². The maximum atomic E-state index is 12.5. The third kappa shape index (κ3) is 4.23. The van der Waals surface area contributed by atoms with Crippen LogP contribution >= 0.6 is 0 Å². The molecular weight excluding hydrogens is 416 g/mol. The van der Waals surface area contributed by atoms with Gasteiger partial charge in [-0.05, 0) is 73.0 Å². The monoisotopic (exact) mass is 464 g/mol. The van der Waals surface area contributed by atoms with Crippen LogP contribution in [0.1, 0.15) is 105 Å². The van der Waals surface area contributed by atoms with Gasteiger partial charge in [-0.15, -0.1) is 0 Å². The van der Waals surface area contributed by atoms with E-state index in [4.69, 9.17) is 14.4 Å². The summed E-state index contributed by atoms with van der Waals surface area (Å²) in [7, 11) is 1.67. The first kappa shape index (κ1) is 25.6. The SMILES string of the molecule is CO[C@H]1C[C@H]2[C@@H]3CC[C@H]([C@H](C)CCCC(C)C)[C@@]3(C)CC[C@@H]2[C@@]2(C)CCC(=O)C[C@]2(OO)O1. The number of carbonyl (C=O) groups excluding carboxylic acids is 1. The van der Waals surface area contributed by atoms with Crippen molar-refractivity contribution < 1.29 is 24.4 Å². The van der Waals surface area contributed by atoms with Crippen LogP contribution in [0.15, 0.2) is 0 Å². The Hall–Kier alpha value is -0.490. The highest BCUT2D eigenvalue weighted by Gasteiger charge is 2.67. The molecule has 1 heterocycles. The minimum atomic E-state index is -1.29. The smallest absolute Gasteiger partial charge is 0.216 e. The standard InChI is InChI=1S/C28H48O5/c1-18(2)8-7-9-19(3)22-10-11-23-21-16-25(31-6)32-28(33-30)17-20(29)12-15-27(28,5)24(21)13-14-26(22,23)4/h18-19,21-25,30H,7-17H2,1-6H3/t19-,21+,22-,23+,24+,25-,26-,27-,28-/m1/s1. The topological polar surface area (TPSA) is 65.0 Å².